The molecular weight excluding hydrogens is 399 g/mol. The van der Waals surface area contributed by atoms with Crippen LogP contribution in [0.2, 0.25) is 10.0 Å². The van der Waals surface area contributed by atoms with Gasteiger partial charge in [0, 0.05) is 10.0 Å². The molecule has 2 aliphatic rings. The lowest BCUT2D eigenvalue weighted by molar-refractivity contribution is 0.0315. The van der Waals surface area contributed by atoms with Gasteiger partial charge >= 0.3 is 0 Å². The van der Waals surface area contributed by atoms with E-state index in [1.165, 1.54) is 12.8 Å². The van der Waals surface area contributed by atoms with Gasteiger partial charge in [-0.1, -0.05) is 35.7 Å². The molecule has 3 heterocycles. The van der Waals surface area contributed by atoms with Crippen LogP contribution in [0, 0.1) is 5.92 Å². The number of hydrogen-bond donors (Lipinski definition) is 0. The van der Waals surface area contributed by atoms with Crippen LogP contribution in [-0.2, 0) is 17.8 Å². The molecule has 3 atom stereocenters. The van der Waals surface area contributed by atoms with Crippen molar-refractivity contribution in [3.63, 3.8) is 0 Å². The number of halogens is 2. The van der Waals surface area contributed by atoms with Crippen molar-refractivity contribution in [1.29, 1.82) is 0 Å². The Labute approximate surface area is 172 Å². The van der Waals surface area contributed by atoms with Gasteiger partial charge in [-0.3, -0.25) is 9.36 Å². The van der Waals surface area contributed by atoms with Gasteiger partial charge < -0.3 is 4.74 Å². The van der Waals surface area contributed by atoms with Gasteiger partial charge in [0.15, 0.2) is 5.65 Å². The van der Waals surface area contributed by atoms with Crippen LogP contribution in [0.4, 0.5) is 0 Å². The Morgan fingerprint density at radius 2 is 2.14 bits per heavy atom. The van der Waals surface area contributed by atoms with Crippen molar-refractivity contribution in [1.82, 2.24) is 19.3 Å². The van der Waals surface area contributed by atoms with E-state index in [2.05, 4.69) is 10.1 Å². The van der Waals surface area contributed by atoms with E-state index in [1.54, 1.807) is 33.9 Å². The zero-order valence-electron chi connectivity index (χ0n) is 15.2. The average molecular weight is 419 g/mol. The molecule has 0 radical (unpaired) electrons. The van der Waals surface area contributed by atoms with Crippen LogP contribution in [0.25, 0.3) is 11.0 Å². The van der Waals surface area contributed by atoms with E-state index in [1.807, 2.05) is 6.07 Å². The van der Waals surface area contributed by atoms with Gasteiger partial charge in [-0.2, -0.15) is 5.10 Å². The molecular formula is C20H20Cl2N4O2. The molecule has 2 fully saturated rings. The maximum absolute atomic E-state index is 12.9. The Morgan fingerprint density at radius 1 is 1.25 bits per heavy atom. The lowest BCUT2D eigenvalue weighted by atomic mass is 10.0. The van der Waals surface area contributed by atoms with Gasteiger partial charge in [-0.25, -0.2) is 9.67 Å². The Bertz CT molecular complexity index is 1080. The van der Waals surface area contributed by atoms with Crippen molar-refractivity contribution in [3.05, 3.63) is 56.7 Å². The van der Waals surface area contributed by atoms with Crippen molar-refractivity contribution >= 4 is 34.2 Å². The molecule has 0 spiro atoms. The fourth-order valence-electron chi connectivity index (χ4n) is 4.48. The summed E-state index contributed by atoms with van der Waals surface area (Å²) in [5.41, 5.74) is 1.34. The third kappa shape index (κ3) is 3.23. The maximum atomic E-state index is 12.9. The molecule has 0 N–H and O–H groups in total. The van der Waals surface area contributed by atoms with Crippen LogP contribution < -0.4 is 5.56 Å². The third-order valence-corrected chi connectivity index (χ3v) is 6.47. The highest BCUT2D eigenvalue weighted by Crippen LogP contribution is 2.39. The summed E-state index contributed by atoms with van der Waals surface area (Å²) in [6.45, 7) is 0.966. The lowest BCUT2D eigenvalue weighted by Gasteiger charge is -2.14. The van der Waals surface area contributed by atoms with Crippen LogP contribution >= 0.6 is 23.2 Å². The maximum Gasteiger partial charge on any atom is 0.264 e. The Morgan fingerprint density at radius 3 is 2.96 bits per heavy atom. The van der Waals surface area contributed by atoms with Gasteiger partial charge in [-0.15, -0.1) is 0 Å². The van der Waals surface area contributed by atoms with E-state index < -0.39 is 0 Å². The standard InChI is InChI=1S/C20H20Cl2N4O2/c21-14-5-4-13(17(22)7-14)9-26-19-16(8-24-26)20(27)25(11-23-19)10-15-6-12-2-1-3-18(12)28-15/h4-5,7-8,11-12,15,18H,1-3,6,9-10H2. The summed E-state index contributed by atoms with van der Waals surface area (Å²) in [6.07, 6.45) is 8.33. The summed E-state index contributed by atoms with van der Waals surface area (Å²) in [4.78, 5) is 17.4. The minimum atomic E-state index is -0.0842. The molecule has 1 aromatic carbocycles. The fourth-order valence-corrected chi connectivity index (χ4v) is 4.95. The smallest absolute Gasteiger partial charge is 0.264 e. The van der Waals surface area contributed by atoms with E-state index >= 15 is 0 Å². The van der Waals surface area contributed by atoms with Crippen molar-refractivity contribution < 1.29 is 4.74 Å². The molecule has 3 aromatic rings. The second-order valence-corrected chi connectivity index (χ2v) is 8.54. The molecule has 5 rings (SSSR count). The SMILES string of the molecule is O=c1c2cnn(Cc3ccc(Cl)cc3Cl)c2ncn1CC1CC2CCCC2O1. The summed E-state index contributed by atoms with van der Waals surface area (Å²) >= 11 is 12.2. The molecule has 1 aliphatic carbocycles. The van der Waals surface area contributed by atoms with Crippen LogP contribution in [0.1, 0.15) is 31.2 Å². The van der Waals surface area contributed by atoms with Crippen LogP contribution in [0.5, 0.6) is 0 Å². The first-order valence-electron chi connectivity index (χ1n) is 9.59. The van der Waals surface area contributed by atoms with E-state index in [9.17, 15) is 4.79 Å². The number of rotatable bonds is 4. The molecule has 28 heavy (non-hydrogen) atoms. The molecule has 1 aliphatic heterocycles. The largest absolute Gasteiger partial charge is 0.373 e. The summed E-state index contributed by atoms with van der Waals surface area (Å²) in [5.74, 6) is 0.657. The van der Waals surface area contributed by atoms with E-state index in [0.29, 0.717) is 46.2 Å². The Balaban J connectivity index is 1.39. The van der Waals surface area contributed by atoms with Gasteiger partial charge in [0.25, 0.3) is 5.56 Å². The number of ether oxygens (including phenoxy) is 1. The number of benzene rings is 1. The summed E-state index contributed by atoms with van der Waals surface area (Å²) in [5, 5.41) is 6.00. The predicted octanol–water partition coefficient (Wildman–Crippen LogP) is 3.91. The van der Waals surface area contributed by atoms with Crippen molar-refractivity contribution in [3.8, 4) is 0 Å². The predicted molar refractivity (Wildman–Crippen MR) is 108 cm³/mol. The van der Waals surface area contributed by atoms with E-state index in [0.717, 1.165) is 18.4 Å². The van der Waals surface area contributed by atoms with Gasteiger partial charge in [0.1, 0.15) is 11.7 Å². The normalized spacial score (nSPS) is 24.1. The van der Waals surface area contributed by atoms with Gasteiger partial charge in [0.2, 0.25) is 0 Å². The minimum absolute atomic E-state index is 0.0842. The lowest BCUT2D eigenvalue weighted by Crippen LogP contribution is -2.27. The van der Waals surface area contributed by atoms with Crippen molar-refractivity contribution in [2.75, 3.05) is 0 Å². The second kappa shape index (κ2) is 7.17. The summed E-state index contributed by atoms with van der Waals surface area (Å²) in [6, 6.07) is 5.33. The molecule has 3 unspecified atom stereocenters. The first-order chi connectivity index (χ1) is 13.6. The fraction of sp³-hybridized carbons (Fsp3) is 0.450. The molecule has 8 heteroatoms. The quantitative estimate of drug-likeness (QED) is 0.644. The summed E-state index contributed by atoms with van der Waals surface area (Å²) < 4.78 is 9.46. The van der Waals surface area contributed by atoms with Crippen LogP contribution in [0.3, 0.4) is 0 Å². The number of nitrogens with zero attached hydrogens (tertiary/aromatic N) is 4. The number of hydrogen-bond acceptors (Lipinski definition) is 4. The van der Waals surface area contributed by atoms with Gasteiger partial charge in [0.05, 0.1) is 31.5 Å². The molecule has 6 nitrogen and oxygen atoms in total. The molecule has 0 amide bonds. The van der Waals surface area contributed by atoms with Crippen molar-refractivity contribution in [2.45, 2.75) is 51.0 Å². The van der Waals surface area contributed by atoms with Crippen LogP contribution in [-0.4, -0.2) is 31.5 Å². The monoisotopic (exact) mass is 418 g/mol. The number of aromatic nitrogens is 4. The average Bonchev–Trinajstić information content (AvgIpc) is 3.35. The molecule has 146 valence electrons. The first kappa shape index (κ1) is 18.2. The van der Waals surface area contributed by atoms with Crippen molar-refractivity contribution in [2.24, 2.45) is 5.92 Å². The third-order valence-electron chi connectivity index (χ3n) is 5.88. The molecule has 1 saturated carbocycles. The zero-order valence-corrected chi connectivity index (χ0v) is 16.7. The van der Waals surface area contributed by atoms with Gasteiger partial charge in [-0.05, 0) is 42.9 Å². The highest BCUT2D eigenvalue weighted by atomic mass is 35.5. The minimum Gasteiger partial charge on any atom is -0.373 e. The Hall–Kier alpha value is -1.89. The highest BCUT2D eigenvalue weighted by Gasteiger charge is 2.38. The summed E-state index contributed by atoms with van der Waals surface area (Å²) in [7, 11) is 0. The highest BCUT2D eigenvalue weighted by molar-refractivity contribution is 6.35. The Kier molecular flexibility index (Phi) is 4.65. The van der Waals surface area contributed by atoms with E-state index in [-0.39, 0.29) is 11.7 Å². The van der Waals surface area contributed by atoms with Crippen LogP contribution in [0.15, 0.2) is 35.5 Å². The molecule has 2 aromatic heterocycles. The molecule has 0 bridgehead atoms. The zero-order chi connectivity index (χ0) is 19.3. The molecule has 1 saturated heterocycles. The van der Waals surface area contributed by atoms with E-state index in [4.69, 9.17) is 27.9 Å². The topological polar surface area (TPSA) is 61.9 Å². The first-order valence-corrected chi connectivity index (χ1v) is 10.3. The number of fused-ring (bicyclic) bond motifs is 2. The second-order valence-electron chi connectivity index (χ2n) is 7.70.